The standard InChI is InChI=1S/C24H31N3O4S/c1-31-22-9-7-20(8-10-22)24(19-5-3-2-4-6-19)25-23(28)17-26-12-14-27(15-13-26)21-11-16-32(29,30)18-21/h2-10,21,24H,11-18H2,1H3,(H,25,28)/t21-,24+/m1/s1. The molecule has 1 N–H and O–H groups in total. The summed E-state index contributed by atoms with van der Waals surface area (Å²) in [5, 5.41) is 3.20. The fourth-order valence-electron chi connectivity index (χ4n) is 4.56. The molecule has 2 saturated heterocycles. The summed E-state index contributed by atoms with van der Waals surface area (Å²) < 4.78 is 28.8. The van der Waals surface area contributed by atoms with Crippen molar-refractivity contribution in [3.63, 3.8) is 0 Å². The molecule has 172 valence electrons. The van der Waals surface area contributed by atoms with E-state index in [-0.39, 0.29) is 23.7 Å². The van der Waals surface area contributed by atoms with Crippen LogP contribution in [0.25, 0.3) is 0 Å². The topological polar surface area (TPSA) is 79.0 Å². The van der Waals surface area contributed by atoms with E-state index in [2.05, 4.69) is 15.1 Å². The van der Waals surface area contributed by atoms with Gasteiger partial charge in [0.05, 0.1) is 31.2 Å². The Balaban J connectivity index is 1.35. The average Bonchev–Trinajstić information content (AvgIpc) is 3.18. The summed E-state index contributed by atoms with van der Waals surface area (Å²) in [7, 11) is -1.24. The second kappa shape index (κ2) is 10.0. The molecule has 1 amide bonds. The normalized spacial score (nSPS) is 22.3. The van der Waals surface area contributed by atoms with Gasteiger partial charge >= 0.3 is 0 Å². The molecule has 32 heavy (non-hydrogen) atoms. The number of benzene rings is 2. The van der Waals surface area contributed by atoms with Crippen molar-refractivity contribution in [3.8, 4) is 5.75 Å². The van der Waals surface area contributed by atoms with E-state index in [1.165, 1.54) is 0 Å². The molecule has 4 rings (SSSR count). The van der Waals surface area contributed by atoms with Crippen LogP contribution in [0.5, 0.6) is 5.75 Å². The number of methoxy groups -OCH3 is 1. The number of nitrogens with one attached hydrogen (secondary N) is 1. The zero-order valence-electron chi connectivity index (χ0n) is 18.4. The third-order valence-electron chi connectivity index (χ3n) is 6.39. The average molecular weight is 458 g/mol. The highest BCUT2D eigenvalue weighted by atomic mass is 32.2. The van der Waals surface area contributed by atoms with Crippen molar-refractivity contribution in [1.82, 2.24) is 15.1 Å². The van der Waals surface area contributed by atoms with Crippen molar-refractivity contribution >= 4 is 15.7 Å². The fourth-order valence-corrected chi connectivity index (χ4v) is 6.32. The second-order valence-electron chi connectivity index (χ2n) is 8.55. The van der Waals surface area contributed by atoms with Gasteiger partial charge in [-0.05, 0) is 29.7 Å². The van der Waals surface area contributed by atoms with Crippen LogP contribution >= 0.6 is 0 Å². The number of nitrogens with zero attached hydrogens (tertiary/aromatic N) is 2. The molecule has 2 atom stereocenters. The monoisotopic (exact) mass is 457 g/mol. The van der Waals surface area contributed by atoms with Gasteiger partial charge in [0.25, 0.3) is 0 Å². The molecule has 0 spiro atoms. The van der Waals surface area contributed by atoms with E-state index in [4.69, 9.17) is 4.74 Å². The molecule has 2 aromatic rings. The Hall–Kier alpha value is -2.42. The number of carbonyl (C=O) groups excluding carboxylic acids is 1. The zero-order valence-corrected chi connectivity index (χ0v) is 19.3. The zero-order chi connectivity index (χ0) is 22.6. The van der Waals surface area contributed by atoms with Crippen LogP contribution in [0.1, 0.15) is 23.6 Å². The van der Waals surface area contributed by atoms with Gasteiger partial charge in [0.1, 0.15) is 5.75 Å². The molecule has 0 unspecified atom stereocenters. The van der Waals surface area contributed by atoms with Gasteiger partial charge in [-0.3, -0.25) is 14.6 Å². The van der Waals surface area contributed by atoms with Gasteiger partial charge in [0.2, 0.25) is 5.91 Å². The molecule has 2 aromatic carbocycles. The summed E-state index contributed by atoms with van der Waals surface area (Å²) >= 11 is 0. The minimum Gasteiger partial charge on any atom is -0.497 e. The number of hydrogen-bond donors (Lipinski definition) is 1. The minimum absolute atomic E-state index is 0.0217. The molecule has 0 aromatic heterocycles. The molecule has 8 heteroatoms. The van der Waals surface area contributed by atoms with Crippen LogP contribution in [-0.2, 0) is 14.6 Å². The van der Waals surface area contributed by atoms with E-state index in [9.17, 15) is 13.2 Å². The highest BCUT2D eigenvalue weighted by molar-refractivity contribution is 7.91. The van der Waals surface area contributed by atoms with Crippen molar-refractivity contribution in [2.75, 3.05) is 51.3 Å². The van der Waals surface area contributed by atoms with Gasteiger partial charge in [-0.25, -0.2) is 8.42 Å². The molecule has 2 fully saturated rings. The molecule has 2 heterocycles. The molecule has 0 bridgehead atoms. The first kappa shape index (κ1) is 22.8. The fraction of sp³-hybridized carbons (Fsp3) is 0.458. The van der Waals surface area contributed by atoms with Crippen molar-refractivity contribution < 1.29 is 17.9 Å². The lowest BCUT2D eigenvalue weighted by Crippen LogP contribution is -2.52. The van der Waals surface area contributed by atoms with Gasteiger partial charge in [-0.2, -0.15) is 0 Å². The summed E-state index contributed by atoms with van der Waals surface area (Å²) in [6, 6.07) is 17.6. The van der Waals surface area contributed by atoms with E-state index in [0.29, 0.717) is 12.3 Å². The lowest BCUT2D eigenvalue weighted by molar-refractivity contribution is -0.123. The van der Waals surface area contributed by atoms with Gasteiger partial charge < -0.3 is 10.1 Å². The van der Waals surface area contributed by atoms with E-state index < -0.39 is 9.84 Å². The summed E-state index contributed by atoms with van der Waals surface area (Å²) in [5.74, 6) is 1.33. The van der Waals surface area contributed by atoms with Crippen LogP contribution in [-0.4, -0.2) is 81.5 Å². The third kappa shape index (κ3) is 5.68. The quantitative estimate of drug-likeness (QED) is 0.682. The van der Waals surface area contributed by atoms with Gasteiger partial charge in [0.15, 0.2) is 9.84 Å². The number of amides is 1. The van der Waals surface area contributed by atoms with E-state index in [1.54, 1.807) is 7.11 Å². The number of sulfone groups is 1. The lowest BCUT2D eigenvalue weighted by Gasteiger charge is -2.37. The highest BCUT2D eigenvalue weighted by Crippen LogP contribution is 2.24. The largest absolute Gasteiger partial charge is 0.497 e. The highest BCUT2D eigenvalue weighted by Gasteiger charge is 2.34. The van der Waals surface area contributed by atoms with Crippen LogP contribution in [0.2, 0.25) is 0 Å². The van der Waals surface area contributed by atoms with E-state index >= 15 is 0 Å². The lowest BCUT2D eigenvalue weighted by atomic mass is 9.98. The summed E-state index contributed by atoms with van der Waals surface area (Å²) in [5.41, 5.74) is 2.02. The molecule has 2 aliphatic rings. The Labute approximate surface area is 190 Å². The molecular weight excluding hydrogens is 426 g/mol. The number of carbonyl (C=O) groups is 1. The molecule has 2 aliphatic heterocycles. The molecule has 0 aliphatic carbocycles. The second-order valence-corrected chi connectivity index (χ2v) is 10.8. The first-order valence-corrected chi connectivity index (χ1v) is 12.9. The Bertz CT molecular complexity index is 1000. The predicted octanol–water partition coefficient (Wildman–Crippen LogP) is 1.71. The Morgan fingerprint density at radius 2 is 1.69 bits per heavy atom. The number of rotatable bonds is 7. The van der Waals surface area contributed by atoms with Crippen LogP contribution in [0.15, 0.2) is 54.6 Å². The Kier molecular flexibility index (Phi) is 7.13. The van der Waals surface area contributed by atoms with Crippen LogP contribution < -0.4 is 10.1 Å². The Morgan fingerprint density at radius 1 is 1.03 bits per heavy atom. The minimum atomic E-state index is -2.88. The maximum atomic E-state index is 12.9. The summed E-state index contributed by atoms with van der Waals surface area (Å²) in [4.78, 5) is 17.4. The van der Waals surface area contributed by atoms with Crippen LogP contribution in [0.3, 0.4) is 0 Å². The van der Waals surface area contributed by atoms with E-state index in [1.807, 2.05) is 54.6 Å². The molecule has 0 radical (unpaired) electrons. The summed E-state index contributed by atoms with van der Waals surface area (Å²) in [6.07, 6.45) is 0.726. The maximum Gasteiger partial charge on any atom is 0.234 e. The Morgan fingerprint density at radius 3 is 2.28 bits per heavy atom. The van der Waals surface area contributed by atoms with Gasteiger partial charge in [0, 0.05) is 32.2 Å². The first-order chi connectivity index (χ1) is 15.4. The number of ether oxygens (including phenoxy) is 1. The SMILES string of the molecule is COc1ccc([C@@H](NC(=O)CN2CCN([C@@H]3CCS(=O)(=O)C3)CC2)c2ccccc2)cc1. The van der Waals surface area contributed by atoms with Crippen molar-refractivity contribution in [2.24, 2.45) is 0 Å². The number of hydrogen-bond acceptors (Lipinski definition) is 6. The molecule has 0 saturated carbocycles. The molecular formula is C24H31N3O4S. The predicted molar refractivity (Wildman–Crippen MR) is 124 cm³/mol. The number of piperazine rings is 1. The van der Waals surface area contributed by atoms with Gasteiger partial charge in [-0.1, -0.05) is 42.5 Å². The van der Waals surface area contributed by atoms with Crippen LogP contribution in [0.4, 0.5) is 0 Å². The first-order valence-electron chi connectivity index (χ1n) is 11.1. The van der Waals surface area contributed by atoms with E-state index in [0.717, 1.165) is 49.5 Å². The molecule has 7 nitrogen and oxygen atoms in total. The smallest absolute Gasteiger partial charge is 0.234 e. The third-order valence-corrected chi connectivity index (χ3v) is 8.14. The van der Waals surface area contributed by atoms with Crippen molar-refractivity contribution in [1.29, 1.82) is 0 Å². The summed E-state index contributed by atoms with van der Waals surface area (Å²) in [6.45, 7) is 3.46. The van der Waals surface area contributed by atoms with Crippen LogP contribution in [0, 0.1) is 0 Å². The van der Waals surface area contributed by atoms with Gasteiger partial charge in [-0.15, -0.1) is 0 Å². The maximum absolute atomic E-state index is 12.9. The van der Waals surface area contributed by atoms with Crippen molar-refractivity contribution in [2.45, 2.75) is 18.5 Å². The van der Waals surface area contributed by atoms with Crippen molar-refractivity contribution in [3.05, 3.63) is 65.7 Å².